The van der Waals surface area contributed by atoms with Crippen molar-refractivity contribution in [3.05, 3.63) is 29.6 Å². The van der Waals surface area contributed by atoms with Gasteiger partial charge in [-0.1, -0.05) is 6.07 Å². The Balaban J connectivity index is 2.16. The summed E-state index contributed by atoms with van der Waals surface area (Å²) in [5.41, 5.74) is 1.18. The molecule has 1 aliphatic rings. The molecule has 4 heteroatoms. The molecule has 74 valence electrons. The second-order valence-electron chi connectivity index (χ2n) is 3.43. The van der Waals surface area contributed by atoms with Gasteiger partial charge >= 0.3 is 5.97 Å². The van der Waals surface area contributed by atoms with Crippen molar-refractivity contribution in [1.82, 2.24) is 10.3 Å². The van der Waals surface area contributed by atoms with Crippen LogP contribution in [0.25, 0.3) is 0 Å². The van der Waals surface area contributed by atoms with Crippen LogP contribution >= 0.6 is 0 Å². The van der Waals surface area contributed by atoms with Crippen molar-refractivity contribution >= 4 is 5.97 Å². The van der Waals surface area contributed by atoms with Gasteiger partial charge in [-0.05, 0) is 31.0 Å². The van der Waals surface area contributed by atoms with Crippen molar-refractivity contribution in [2.24, 2.45) is 0 Å². The van der Waals surface area contributed by atoms with Gasteiger partial charge in [0, 0.05) is 12.2 Å². The van der Waals surface area contributed by atoms with Crippen LogP contribution in [0.4, 0.5) is 0 Å². The molecule has 1 fully saturated rings. The minimum Gasteiger partial charge on any atom is -0.477 e. The average molecular weight is 192 g/mol. The molecule has 1 atom stereocenters. The molecular formula is C10H12N2O2. The number of hydrogen-bond donors (Lipinski definition) is 2. The van der Waals surface area contributed by atoms with E-state index in [1.807, 2.05) is 6.07 Å². The summed E-state index contributed by atoms with van der Waals surface area (Å²) in [6.07, 6.45) is 3.92. The van der Waals surface area contributed by atoms with Gasteiger partial charge in [-0.3, -0.25) is 0 Å². The van der Waals surface area contributed by atoms with Crippen LogP contribution in [0, 0.1) is 0 Å². The number of carbonyl (C=O) groups is 1. The highest BCUT2D eigenvalue weighted by atomic mass is 16.4. The number of nitrogens with one attached hydrogen (secondary N) is 1. The van der Waals surface area contributed by atoms with Crippen molar-refractivity contribution in [2.75, 3.05) is 6.54 Å². The predicted molar refractivity (Wildman–Crippen MR) is 51.2 cm³/mol. The van der Waals surface area contributed by atoms with Crippen LogP contribution in [-0.2, 0) is 0 Å². The number of nitrogens with zero attached hydrogens (tertiary/aromatic N) is 1. The number of carboxylic acids is 1. The number of carboxylic acid groups (broad SMARTS) is 1. The van der Waals surface area contributed by atoms with Crippen molar-refractivity contribution in [3.63, 3.8) is 0 Å². The summed E-state index contributed by atoms with van der Waals surface area (Å²) in [4.78, 5) is 14.4. The van der Waals surface area contributed by atoms with E-state index >= 15 is 0 Å². The number of pyridine rings is 1. The number of aromatic nitrogens is 1. The maximum Gasteiger partial charge on any atom is 0.354 e. The molecule has 0 saturated carbocycles. The third kappa shape index (κ3) is 1.75. The van der Waals surface area contributed by atoms with Gasteiger partial charge in [-0.15, -0.1) is 0 Å². The first-order valence-electron chi connectivity index (χ1n) is 4.70. The molecule has 0 radical (unpaired) electrons. The first-order valence-corrected chi connectivity index (χ1v) is 4.70. The standard InChI is InChI=1S/C10H12N2O2/c13-10(14)9-4-3-7(6-12-9)8-2-1-5-11-8/h3-4,6,8,11H,1-2,5H2,(H,13,14)/t8-/m1/s1. The lowest BCUT2D eigenvalue weighted by atomic mass is 10.1. The summed E-state index contributed by atoms with van der Waals surface area (Å²) in [5, 5.41) is 12.0. The number of aromatic carboxylic acids is 1. The van der Waals surface area contributed by atoms with E-state index in [2.05, 4.69) is 10.3 Å². The minimum absolute atomic E-state index is 0.103. The topological polar surface area (TPSA) is 62.2 Å². The van der Waals surface area contributed by atoms with E-state index in [0.29, 0.717) is 6.04 Å². The van der Waals surface area contributed by atoms with E-state index in [0.717, 1.165) is 18.5 Å². The van der Waals surface area contributed by atoms with Crippen LogP contribution in [-0.4, -0.2) is 22.6 Å². The molecule has 2 N–H and O–H groups in total. The SMILES string of the molecule is O=C(O)c1ccc([C@H]2CCCN2)cn1. The quantitative estimate of drug-likeness (QED) is 0.739. The predicted octanol–water partition coefficient (Wildman–Crippen LogP) is 1.20. The van der Waals surface area contributed by atoms with Gasteiger partial charge in [0.2, 0.25) is 0 Å². The first-order chi connectivity index (χ1) is 6.77. The third-order valence-electron chi connectivity index (χ3n) is 2.47. The molecule has 0 unspecified atom stereocenters. The van der Waals surface area contributed by atoms with Crippen molar-refractivity contribution in [1.29, 1.82) is 0 Å². The van der Waals surface area contributed by atoms with Crippen molar-refractivity contribution < 1.29 is 9.90 Å². The van der Waals surface area contributed by atoms with Gasteiger partial charge in [0.15, 0.2) is 0 Å². The first kappa shape index (κ1) is 9.15. The molecule has 0 aromatic carbocycles. The zero-order valence-corrected chi connectivity index (χ0v) is 7.73. The molecule has 1 aliphatic heterocycles. The summed E-state index contributed by atoms with van der Waals surface area (Å²) in [6, 6.07) is 3.74. The van der Waals surface area contributed by atoms with Crippen LogP contribution in [0.5, 0.6) is 0 Å². The Morgan fingerprint density at radius 2 is 2.43 bits per heavy atom. The van der Waals surface area contributed by atoms with Gasteiger partial charge in [0.25, 0.3) is 0 Å². The van der Waals surface area contributed by atoms with Gasteiger partial charge in [0.05, 0.1) is 0 Å². The molecule has 14 heavy (non-hydrogen) atoms. The molecule has 2 rings (SSSR count). The summed E-state index contributed by atoms with van der Waals surface area (Å²) in [5.74, 6) is -0.976. The molecule has 4 nitrogen and oxygen atoms in total. The lowest BCUT2D eigenvalue weighted by Crippen LogP contribution is -2.13. The highest BCUT2D eigenvalue weighted by molar-refractivity contribution is 5.85. The van der Waals surface area contributed by atoms with Gasteiger partial charge in [-0.25, -0.2) is 9.78 Å². The largest absolute Gasteiger partial charge is 0.477 e. The van der Waals surface area contributed by atoms with Gasteiger partial charge in [0.1, 0.15) is 5.69 Å². The lowest BCUT2D eigenvalue weighted by molar-refractivity contribution is 0.0690. The Kier molecular flexibility index (Phi) is 2.45. The smallest absolute Gasteiger partial charge is 0.354 e. The molecule has 1 aromatic rings. The Morgan fingerprint density at radius 1 is 1.57 bits per heavy atom. The summed E-state index contributed by atoms with van der Waals surface area (Å²) < 4.78 is 0. The molecule has 0 spiro atoms. The molecule has 1 aromatic heterocycles. The third-order valence-corrected chi connectivity index (χ3v) is 2.47. The van der Waals surface area contributed by atoms with Crippen molar-refractivity contribution in [2.45, 2.75) is 18.9 Å². The van der Waals surface area contributed by atoms with Crippen LogP contribution < -0.4 is 5.32 Å². The van der Waals surface area contributed by atoms with Crippen LogP contribution in [0.1, 0.15) is 34.9 Å². The second kappa shape index (κ2) is 3.75. The van der Waals surface area contributed by atoms with E-state index < -0.39 is 5.97 Å². The van der Waals surface area contributed by atoms with E-state index in [1.54, 1.807) is 12.3 Å². The molecule has 1 saturated heterocycles. The van der Waals surface area contributed by atoms with Crippen molar-refractivity contribution in [3.8, 4) is 0 Å². The summed E-state index contributed by atoms with van der Waals surface area (Å²) >= 11 is 0. The summed E-state index contributed by atoms with van der Waals surface area (Å²) in [6.45, 7) is 1.03. The van der Waals surface area contributed by atoms with Crippen LogP contribution in [0.3, 0.4) is 0 Å². The van der Waals surface area contributed by atoms with E-state index in [4.69, 9.17) is 5.11 Å². The monoisotopic (exact) mass is 192 g/mol. The van der Waals surface area contributed by atoms with Gasteiger partial charge < -0.3 is 10.4 Å². The Morgan fingerprint density at radius 3 is 2.93 bits per heavy atom. The Bertz CT molecular complexity index is 328. The zero-order chi connectivity index (χ0) is 9.97. The zero-order valence-electron chi connectivity index (χ0n) is 7.73. The molecular weight excluding hydrogens is 180 g/mol. The maximum atomic E-state index is 10.6. The number of hydrogen-bond acceptors (Lipinski definition) is 3. The highest BCUT2D eigenvalue weighted by Gasteiger charge is 2.16. The minimum atomic E-state index is -0.976. The lowest BCUT2D eigenvalue weighted by Gasteiger charge is -2.09. The molecule has 0 bridgehead atoms. The fourth-order valence-corrected chi connectivity index (χ4v) is 1.71. The molecule has 0 aliphatic carbocycles. The van der Waals surface area contributed by atoms with Crippen LogP contribution in [0.15, 0.2) is 18.3 Å². The normalized spacial score (nSPS) is 21.0. The highest BCUT2D eigenvalue weighted by Crippen LogP contribution is 2.21. The van der Waals surface area contributed by atoms with E-state index in [-0.39, 0.29) is 5.69 Å². The maximum absolute atomic E-state index is 10.6. The fourth-order valence-electron chi connectivity index (χ4n) is 1.71. The fraction of sp³-hybridized carbons (Fsp3) is 0.400. The Labute approximate surface area is 82.0 Å². The summed E-state index contributed by atoms with van der Waals surface area (Å²) in [7, 11) is 0. The second-order valence-corrected chi connectivity index (χ2v) is 3.43. The van der Waals surface area contributed by atoms with Crippen LogP contribution in [0.2, 0.25) is 0 Å². The van der Waals surface area contributed by atoms with E-state index in [9.17, 15) is 4.79 Å². The molecule has 2 heterocycles. The Hall–Kier alpha value is -1.42. The number of rotatable bonds is 2. The van der Waals surface area contributed by atoms with E-state index in [1.165, 1.54) is 6.42 Å². The average Bonchev–Trinajstić information content (AvgIpc) is 2.71. The van der Waals surface area contributed by atoms with Gasteiger partial charge in [-0.2, -0.15) is 0 Å². The molecule has 0 amide bonds.